The lowest BCUT2D eigenvalue weighted by Crippen LogP contribution is -3.12. The summed E-state index contributed by atoms with van der Waals surface area (Å²) in [6, 6.07) is 2.17. The van der Waals surface area contributed by atoms with E-state index in [2.05, 4.69) is 16.8 Å². The molecule has 94 valence electrons. The number of hydrogen-bond acceptors (Lipinski definition) is 3. The Labute approximate surface area is 106 Å². The summed E-state index contributed by atoms with van der Waals surface area (Å²) in [6.07, 6.45) is 2.12. The van der Waals surface area contributed by atoms with Gasteiger partial charge in [-0.25, -0.2) is 0 Å². The zero-order valence-corrected chi connectivity index (χ0v) is 11.1. The number of carbonyl (C=O) groups is 1. The molecule has 4 heteroatoms. The summed E-state index contributed by atoms with van der Waals surface area (Å²) in [5.41, 5.74) is 1.38. The van der Waals surface area contributed by atoms with Crippen molar-refractivity contribution in [2.75, 3.05) is 19.7 Å². The normalized spacial score (nSPS) is 24.5. The summed E-state index contributed by atoms with van der Waals surface area (Å²) in [5.74, 6) is 0.104. The molecule has 0 aromatic carbocycles. The van der Waals surface area contributed by atoms with Crippen LogP contribution in [0.2, 0.25) is 0 Å². The van der Waals surface area contributed by atoms with Gasteiger partial charge in [-0.3, -0.25) is 4.79 Å². The number of piperidine rings is 1. The molecule has 1 aliphatic rings. The Balaban J connectivity index is 1.86. The van der Waals surface area contributed by atoms with Crippen LogP contribution >= 0.6 is 11.3 Å². The van der Waals surface area contributed by atoms with Crippen LogP contribution in [0.15, 0.2) is 16.8 Å². The first-order valence-electron chi connectivity index (χ1n) is 6.31. The van der Waals surface area contributed by atoms with Gasteiger partial charge in [0, 0.05) is 5.56 Å². The zero-order valence-electron chi connectivity index (χ0n) is 10.3. The second-order valence-electron chi connectivity index (χ2n) is 4.60. The summed E-state index contributed by atoms with van der Waals surface area (Å²) < 4.78 is 5.11. The number of hydrogen-bond donors (Lipinski definition) is 1. The van der Waals surface area contributed by atoms with Gasteiger partial charge in [0.25, 0.3) is 0 Å². The third-order valence-electron chi connectivity index (χ3n) is 3.27. The topological polar surface area (TPSA) is 30.7 Å². The molecule has 1 aliphatic heterocycles. The van der Waals surface area contributed by atoms with E-state index in [4.69, 9.17) is 4.74 Å². The van der Waals surface area contributed by atoms with E-state index in [-0.39, 0.29) is 11.9 Å². The Bertz CT molecular complexity index is 350. The molecule has 1 fully saturated rings. The van der Waals surface area contributed by atoms with Crippen molar-refractivity contribution in [1.29, 1.82) is 0 Å². The fourth-order valence-corrected chi connectivity index (χ4v) is 3.12. The fourth-order valence-electron chi connectivity index (χ4n) is 2.45. The molecule has 2 atom stereocenters. The summed E-state index contributed by atoms with van der Waals surface area (Å²) in [5, 5.41) is 4.31. The minimum Gasteiger partial charge on any atom is -0.466 e. The van der Waals surface area contributed by atoms with Gasteiger partial charge in [-0.05, 0) is 36.6 Å². The standard InChI is InChI=1S/C13H19NO2S/c1-2-16-13(15)12-4-3-6-14(9-12)8-11-5-7-17-10-11/h5,7,10,12H,2-4,6,8-9H2,1H3/p+1/t12-/m0/s1. The molecule has 1 aromatic heterocycles. The lowest BCUT2D eigenvalue weighted by molar-refractivity contribution is -0.921. The molecular formula is C13H20NO2S+. The molecule has 0 saturated carbocycles. The highest BCUT2D eigenvalue weighted by atomic mass is 32.1. The quantitative estimate of drug-likeness (QED) is 0.816. The van der Waals surface area contributed by atoms with Crippen molar-refractivity contribution in [1.82, 2.24) is 0 Å². The maximum absolute atomic E-state index is 11.7. The molecule has 1 unspecified atom stereocenters. The van der Waals surface area contributed by atoms with Crippen molar-refractivity contribution >= 4 is 17.3 Å². The number of likely N-dealkylation sites (tertiary alicyclic amines) is 1. The maximum atomic E-state index is 11.7. The molecule has 2 rings (SSSR count). The third-order valence-corrected chi connectivity index (χ3v) is 4.00. The first-order chi connectivity index (χ1) is 8.29. The largest absolute Gasteiger partial charge is 0.466 e. The van der Waals surface area contributed by atoms with Crippen LogP contribution in [-0.2, 0) is 16.1 Å². The second-order valence-corrected chi connectivity index (χ2v) is 5.38. The molecule has 1 N–H and O–H groups in total. The molecule has 0 aliphatic carbocycles. The number of nitrogens with one attached hydrogen (secondary N) is 1. The number of esters is 1. The second kappa shape index (κ2) is 6.17. The van der Waals surface area contributed by atoms with Crippen LogP contribution in [0.4, 0.5) is 0 Å². The average molecular weight is 254 g/mol. The van der Waals surface area contributed by atoms with Crippen molar-refractivity contribution in [3.63, 3.8) is 0 Å². The Hall–Kier alpha value is -0.870. The van der Waals surface area contributed by atoms with Crippen LogP contribution in [-0.4, -0.2) is 25.7 Å². The van der Waals surface area contributed by atoms with Gasteiger partial charge in [-0.1, -0.05) is 0 Å². The summed E-state index contributed by atoms with van der Waals surface area (Å²) in [6.45, 7) is 5.51. The van der Waals surface area contributed by atoms with Gasteiger partial charge < -0.3 is 9.64 Å². The lowest BCUT2D eigenvalue weighted by Gasteiger charge is -2.28. The Morgan fingerprint density at radius 3 is 3.24 bits per heavy atom. The summed E-state index contributed by atoms with van der Waals surface area (Å²) in [4.78, 5) is 13.2. The van der Waals surface area contributed by atoms with Gasteiger partial charge in [0.15, 0.2) is 0 Å². The Kier molecular flexibility index (Phi) is 4.57. The van der Waals surface area contributed by atoms with Crippen molar-refractivity contribution in [2.24, 2.45) is 5.92 Å². The number of thiophene rings is 1. The highest BCUT2D eigenvalue weighted by Gasteiger charge is 2.29. The Morgan fingerprint density at radius 2 is 2.53 bits per heavy atom. The minimum atomic E-state index is -0.00461. The molecular weight excluding hydrogens is 234 g/mol. The first-order valence-corrected chi connectivity index (χ1v) is 7.25. The van der Waals surface area contributed by atoms with Crippen LogP contribution in [0.3, 0.4) is 0 Å². The smallest absolute Gasteiger partial charge is 0.314 e. The van der Waals surface area contributed by atoms with Crippen molar-refractivity contribution in [2.45, 2.75) is 26.3 Å². The molecule has 0 radical (unpaired) electrons. The SMILES string of the molecule is CCOC(=O)[C@H]1CCC[NH+](Cc2ccsc2)C1. The van der Waals surface area contributed by atoms with E-state index in [9.17, 15) is 4.79 Å². The number of carbonyl (C=O) groups excluding carboxylic acids is 1. The highest BCUT2D eigenvalue weighted by Crippen LogP contribution is 2.10. The maximum Gasteiger partial charge on any atom is 0.314 e. The van der Waals surface area contributed by atoms with Crippen LogP contribution in [0.25, 0.3) is 0 Å². The average Bonchev–Trinajstić information content (AvgIpc) is 2.82. The van der Waals surface area contributed by atoms with Crippen LogP contribution in [0, 0.1) is 5.92 Å². The molecule has 0 amide bonds. The third kappa shape index (κ3) is 3.54. The predicted molar refractivity (Wildman–Crippen MR) is 68.1 cm³/mol. The number of rotatable bonds is 4. The van der Waals surface area contributed by atoms with Gasteiger partial charge in [-0.2, -0.15) is 11.3 Å². The van der Waals surface area contributed by atoms with E-state index in [0.29, 0.717) is 6.61 Å². The van der Waals surface area contributed by atoms with E-state index in [0.717, 1.165) is 25.9 Å². The first kappa shape index (κ1) is 12.6. The Morgan fingerprint density at radius 1 is 1.65 bits per heavy atom. The van der Waals surface area contributed by atoms with E-state index in [1.165, 1.54) is 17.0 Å². The summed E-state index contributed by atoms with van der Waals surface area (Å²) >= 11 is 1.74. The molecule has 1 aromatic rings. The zero-order chi connectivity index (χ0) is 12.1. The lowest BCUT2D eigenvalue weighted by atomic mass is 9.98. The minimum absolute atomic E-state index is 0.00461. The van der Waals surface area contributed by atoms with Crippen LogP contribution < -0.4 is 4.90 Å². The molecule has 17 heavy (non-hydrogen) atoms. The summed E-state index contributed by atoms with van der Waals surface area (Å²) in [7, 11) is 0. The van der Waals surface area contributed by atoms with E-state index >= 15 is 0 Å². The highest BCUT2D eigenvalue weighted by molar-refractivity contribution is 7.07. The monoisotopic (exact) mass is 254 g/mol. The molecule has 0 spiro atoms. The van der Waals surface area contributed by atoms with Gasteiger partial charge >= 0.3 is 5.97 Å². The van der Waals surface area contributed by atoms with E-state index in [1.54, 1.807) is 11.3 Å². The predicted octanol–water partition coefficient (Wildman–Crippen LogP) is 1.11. The van der Waals surface area contributed by atoms with Crippen LogP contribution in [0.1, 0.15) is 25.3 Å². The number of ether oxygens (including phenoxy) is 1. The van der Waals surface area contributed by atoms with Crippen molar-refractivity contribution in [3.8, 4) is 0 Å². The van der Waals surface area contributed by atoms with E-state index < -0.39 is 0 Å². The van der Waals surface area contributed by atoms with Crippen molar-refractivity contribution in [3.05, 3.63) is 22.4 Å². The molecule has 2 heterocycles. The van der Waals surface area contributed by atoms with Gasteiger partial charge in [-0.15, -0.1) is 0 Å². The number of quaternary nitrogens is 1. The van der Waals surface area contributed by atoms with Gasteiger partial charge in [0.1, 0.15) is 12.5 Å². The van der Waals surface area contributed by atoms with Crippen molar-refractivity contribution < 1.29 is 14.4 Å². The van der Waals surface area contributed by atoms with Gasteiger partial charge in [0.05, 0.1) is 19.7 Å². The molecule has 0 bridgehead atoms. The van der Waals surface area contributed by atoms with Gasteiger partial charge in [0.2, 0.25) is 0 Å². The molecule has 1 saturated heterocycles. The van der Waals surface area contributed by atoms with Crippen LogP contribution in [0.5, 0.6) is 0 Å². The fraction of sp³-hybridized carbons (Fsp3) is 0.615. The molecule has 3 nitrogen and oxygen atoms in total. The van der Waals surface area contributed by atoms with E-state index in [1.807, 2.05) is 6.92 Å².